The molecule has 0 saturated carbocycles. The van der Waals surface area contributed by atoms with Gasteiger partial charge in [-0.1, -0.05) is 30.3 Å². The Balaban J connectivity index is 1.68. The minimum absolute atomic E-state index is 0.0446. The smallest absolute Gasteiger partial charge is 0.339 e. The summed E-state index contributed by atoms with van der Waals surface area (Å²) in [6.45, 7) is 1.72. The van der Waals surface area contributed by atoms with Crippen molar-refractivity contribution in [1.29, 1.82) is 0 Å². The number of para-hydroxylation sites is 2. The van der Waals surface area contributed by atoms with Crippen LogP contribution in [-0.2, 0) is 0 Å². The number of hydrogen-bond acceptors (Lipinski definition) is 7. The van der Waals surface area contributed by atoms with E-state index in [1.165, 1.54) is 6.07 Å². The van der Waals surface area contributed by atoms with Crippen LogP contribution in [0.1, 0.15) is 23.2 Å². The molecule has 1 saturated heterocycles. The zero-order valence-corrected chi connectivity index (χ0v) is 15.1. The van der Waals surface area contributed by atoms with E-state index in [9.17, 15) is 9.90 Å². The predicted octanol–water partition coefficient (Wildman–Crippen LogP) is 3.71. The molecule has 0 spiro atoms. The number of benzene rings is 2. The fraction of sp³-hybridized carbons (Fsp3) is 0.200. The molecule has 2 N–H and O–H groups in total. The van der Waals surface area contributed by atoms with E-state index in [-0.39, 0.29) is 17.3 Å². The molecule has 2 aromatic carbocycles. The molecule has 0 unspecified atom stereocenters. The average Bonchev–Trinajstić information content (AvgIpc) is 3.24. The number of hydrogen-bond donors (Lipinski definition) is 2. The number of nitrogens with zero attached hydrogens (tertiary/aromatic N) is 4. The van der Waals surface area contributed by atoms with Crippen LogP contribution >= 0.6 is 0 Å². The highest BCUT2D eigenvalue weighted by atomic mass is 16.5. The van der Waals surface area contributed by atoms with Crippen LogP contribution in [0.2, 0.25) is 0 Å². The van der Waals surface area contributed by atoms with Crippen LogP contribution in [-0.4, -0.2) is 39.1 Å². The Morgan fingerprint density at radius 3 is 2.43 bits per heavy atom. The molecule has 8 nitrogen and oxygen atoms in total. The largest absolute Gasteiger partial charge is 0.478 e. The molecule has 1 aromatic heterocycles. The monoisotopic (exact) mass is 377 g/mol. The predicted molar refractivity (Wildman–Crippen MR) is 104 cm³/mol. The van der Waals surface area contributed by atoms with Crippen molar-refractivity contribution < 1.29 is 14.6 Å². The van der Waals surface area contributed by atoms with E-state index in [1.54, 1.807) is 18.2 Å². The molecule has 0 bridgehead atoms. The lowest BCUT2D eigenvalue weighted by atomic mass is 10.2. The van der Waals surface area contributed by atoms with E-state index in [0.29, 0.717) is 11.9 Å². The zero-order chi connectivity index (χ0) is 19.3. The summed E-state index contributed by atoms with van der Waals surface area (Å²) in [7, 11) is 0. The second kappa shape index (κ2) is 7.91. The zero-order valence-electron chi connectivity index (χ0n) is 15.1. The summed E-state index contributed by atoms with van der Waals surface area (Å²) in [6.07, 6.45) is 2.15. The van der Waals surface area contributed by atoms with Crippen LogP contribution in [0, 0.1) is 0 Å². The average molecular weight is 377 g/mol. The molecule has 1 fully saturated rings. The lowest BCUT2D eigenvalue weighted by molar-refractivity contribution is 0.0694. The van der Waals surface area contributed by atoms with Gasteiger partial charge in [0.25, 0.3) is 0 Å². The summed E-state index contributed by atoms with van der Waals surface area (Å²) in [5, 5.41) is 12.5. The molecule has 0 amide bonds. The van der Waals surface area contributed by atoms with Crippen LogP contribution in [0.4, 0.5) is 17.6 Å². The highest BCUT2D eigenvalue weighted by molar-refractivity contribution is 5.90. The van der Waals surface area contributed by atoms with Crippen molar-refractivity contribution in [2.24, 2.45) is 0 Å². The Morgan fingerprint density at radius 2 is 1.68 bits per heavy atom. The minimum atomic E-state index is -1.08. The third-order valence-corrected chi connectivity index (χ3v) is 4.34. The van der Waals surface area contributed by atoms with Gasteiger partial charge in [0.05, 0.1) is 0 Å². The topological polar surface area (TPSA) is 100 Å². The number of rotatable bonds is 6. The van der Waals surface area contributed by atoms with Gasteiger partial charge >= 0.3 is 12.0 Å². The van der Waals surface area contributed by atoms with Crippen molar-refractivity contribution >= 4 is 23.6 Å². The first-order valence-corrected chi connectivity index (χ1v) is 9.02. The van der Waals surface area contributed by atoms with Crippen molar-refractivity contribution in [3.63, 3.8) is 0 Å². The molecule has 0 aliphatic carbocycles. The lowest BCUT2D eigenvalue weighted by Gasteiger charge is -2.17. The number of carboxylic acids is 1. The first-order valence-electron chi connectivity index (χ1n) is 9.02. The Bertz CT molecular complexity index is 975. The normalized spacial score (nSPS) is 13.4. The van der Waals surface area contributed by atoms with Gasteiger partial charge in [0.2, 0.25) is 11.9 Å². The third kappa shape index (κ3) is 4.01. The molecule has 2 heterocycles. The first-order chi connectivity index (χ1) is 13.7. The standard InChI is InChI=1S/C20H19N5O3/c26-17(27)15-10-4-5-11-16(15)28-20-23-18(21-14-8-2-1-3-9-14)22-19(24-20)25-12-6-7-13-25/h1-5,8-11H,6-7,12-13H2,(H,26,27)(H,21,22,23,24). The van der Waals surface area contributed by atoms with E-state index in [0.717, 1.165) is 31.6 Å². The van der Waals surface area contributed by atoms with Crippen molar-refractivity contribution in [2.75, 3.05) is 23.3 Å². The van der Waals surface area contributed by atoms with Gasteiger partial charge in [-0.15, -0.1) is 0 Å². The van der Waals surface area contributed by atoms with Crippen molar-refractivity contribution in [3.8, 4) is 11.8 Å². The maximum atomic E-state index is 11.4. The van der Waals surface area contributed by atoms with Crippen LogP contribution < -0.4 is 15.0 Å². The maximum absolute atomic E-state index is 11.4. The van der Waals surface area contributed by atoms with Crippen LogP contribution in [0.5, 0.6) is 11.8 Å². The quantitative estimate of drug-likeness (QED) is 0.671. The van der Waals surface area contributed by atoms with E-state index in [1.807, 2.05) is 30.3 Å². The van der Waals surface area contributed by atoms with Gasteiger partial charge in [-0.25, -0.2) is 4.79 Å². The Kier molecular flexibility index (Phi) is 5.01. The van der Waals surface area contributed by atoms with Gasteiger partial charge in [-0.05, 0) is 37.1 Å². The number of carboxylic acid groups (broad SMARTS) is 1. The summed E-state index contributed by atoms with van der Waals surface area (Å²) >= 11 is 0. The number of aromatic nitrogens is 3. The fourth-order valence-corrected chi connectivity index (χ4v) is 2.99. The molecule has 28 heavy (non-hydrogen) atoms. The Morgan fingerprint density at radius 1 is 0.964 bits per heavy atom. The third-order valence-electron chi connectivity index (χ3n) is 4.34. The first kappa shape index (κ1) is 17.7. The van der Waals surface area contributed by atoms with E-state index in [4.69, 9.17) is 4.74 Å². The molecule has 1 aliphatic rings. The number of ether oxygens (including phenoxy) is 1. The maximum Gasteiger partial charge on any atom is 0.339 e. The second-order valence-electron chi connectivity index (χ2n) is 6.33. The van der Waals surface area contributed by atoms with Gasteiger partial charge in [-0.3, -0.25) is 0 Å². The fourth-order valence-electron chi connectivity index (χ4n) is 2.99. The molecular weight excluding hydrogens is 358 g/mol. The van der Waals surface area contributed by atoms with Gasteiger partial charge in [-0.2, -0.15) is 15.0 Å². The van der Waals surface area contributed by atoms with Crippen LogP contribution in [0.15, 0.2) is 54.6 Å². The summed E-state index contributed by atoms with van der Waals surface area (Å²) in [4.78, 5) is 26.7. The SMILES string of the molecule is O=C(O)c1ccccc1Oc1nc(Nc2ccccc2)nc(N2CCCC2)n1. The van der Waals surface area contributed by atoms with E-state index >= 15 is 0 Å². The molecule has 3 aromatic rings. The summed E-state index contributed by atoms with van der Waals surface area (Å²) in [5.41, 5.74) is 0.876. The molecule has 0 atom stereocenters. The Hall–Kier alpha value is -3.68. The number of nitrogens with one attached hydrogen (secondary N) is 1. The van der Waals surface area contributed by atoms with Crippen molar-refractivity contribution in [1.82, 2.24) is 15.0 Å². The molecule has 4 rings (SSSR count). The second-order valence-corrected chi connectivity index (χ2v) is 6.33. The summed E-state index contributed by atoms with van der Waals surface area (Å²) in [5.74, 6) is -0.0501. The van der Waals surface area contributed by atoms with Crippen molar-refractivity contribution in [2.45, 2.75) is 12.8 Å². The molecule has 8 heteroatoms. The molecular formula is C20H19N5O3. The van der Waals surface area contributed by atoms with Gasteiger partial charge in [0, 0.05) is 18.8 Å². The molecule has 1 aliphatic heterocycles. The van der Waals surface area contributed by atoms with Gasteiger partial charge in [0.1, 0.15) is 11.3 Å². The molecule has 0 radical (unpaired) electrons. The number of anilines is 3. The summed E-state index contributed by atoms with van der Waals surface area (Å²) < 4.78 is 5.74. The number of aromatic carboxylic acids is 1. The van der Waals surface area contributed by atoms with E-state index < -0.39 is 5.97 Å². The molecule has 142 valence electrons. The lowest BCUT2D eigenvalue weighted by Crippen LogP contribution is -2.21. The van der Waals surface area contributed by atoms with Crippen LogP contribution in [0.3, 0.4) is 0 Å². The Labute approximate surface area is 161 Å². The number of carbonyl (C=O) groups is 1. The minimum Gasteiger partial charge on any atom is -0.478 e. The van der Waals surface area contributed by atoms with Gasteiger partial charge in [0.15, 0.2) is 0 Å². The highest BCUT2D eigenvalue weighted by Crippen LogP contribution is 2.26. The van der Waals surface area contributed by atoms with Gasteiger partial charge < -0.3 is 20.1 Å². The highest BCUT2D eigenvalue weighted by Gasteiger charge is 2.19. The summed E-state index contributed by atoms with van der Waals surface area (Å²) in [6, 6.07) is 16.0. The van der Waals surface area contributed by atoms with E-state index in [2.05, 4.69) is 25.2 Å². The van der Waals surface area contributed by atoms with Crippen molar-refractivity contribution in [3.05, 3.63) is 60.2 Å². The van der Waals surface area contributed by atoms with Crippen LogP contribution in [0.25, 0.3) is 0 Å².